The number of esters is 1. The molecule has 1 atom stereocenters. The maximum absolute atomic E-state index is 11.7. The van der Waals surface area contributed by atoms with Crippen LogP contribution in [0.15, 0.2) is 0 Å². The van der Waals surface area contributed by atoms with Gasteiger partial charge in [-0.2, -0.15) is 0 Å². The number of carbonyl (C=O) groups is 2. The topological polar surface area (TPSA) is 55.4 Å². The highest BCUT2D eigenvalue weighted by Crippen LogP contribution is 2.35. The van der Waals surface area contributed by atoms with E-state index >= 15 is 0 Å². The Hall–Kier alpha value is -1.06. The summed E-state index contributed by atoms with van der Waals surface area (Å²) in [4.78, 5) is 22.9. The molecule has 0 spiro atoms. The molecule has 1 saturated heterocycles. The molecule has 1 aliphatic heterocycles. The van der Waals surface area contributed by atoms with Crippen LogP contribution >= 0.6 is 0 Å². The zero-order valence-corrected chi connectivity index (χ0v) is 8.92. The highest BCUT2D eigenvalue weighted by atomic mass is 16.5. The van der Waals surface area contributed by atoms with Crippen molar-refractivity contribution in [1.29, 1.82) is 0 Å². The van der Waals surface area contributed by atoms with Gasteiger partial charge in [-0.3, -0.25) is 9.59 Å². The van der Waals surface area contributed by atoms with Crippen LogP contribution in [-0.2, 0) is 14.3 Å². The summed E-state index contributed by atoms with van der Waals surface area (Å²) in [5.74, 6) is -0.208. The first kappa shape index (κ1) is 11.0. The first-order valence-electron chi connectivity index (χ1n) is 4.97. The lowest BCUT2D eigenvalue weighted by atomic mass is 9.76. The molecule has 0 aliphatic carbocycles. The molecular weight excluding hydrogens is 182 g/mol. The van der Waals surface area contributed by atoms with Crippen LogP contribution in [0.1, 0.15) is 27.2 Å². The monoisotopic (exact) mass is 199 g/mol. The van der Waals surface area contributed by atoms with Crippen molar-refractivity contribution < 1.29 is 14.3 Å². The number of rotatable bonds is 3. The van der Waals surface area contributed by atoms with E-state index in [0.29, 0.717) is 13.2 Å². The summed E-state index contributed by atoms with van der Waals surface area (Å²) in [5, 5.41) is 2.69. The molecule has 0 aromatic rings. The molecular formula is C10H17NO3. The lowest BCUT2D eigenvalue weighted by Gasteiger charge is -2.28. The Morgan fingerprint density at radius 2 is 2.29 bits per heavy atom. The van der Waals surface area contributed by atoms with Crippen molar-refractivity contribution in [3.05, 3.63) is 0 Å². The molecule has 0 radical (unpaired) electrons. The van der Waals surface area contributed by atoms with Crippen molar-refractivity contribution in [2.45, 2.75) is 27.2 Å². The van der Waals surface area contributed by atoms with E-state index in [2.05, 4.69) is 5.32 Å². The number of ether oxygens (including phenoxy) is 1. The molecule has 1 heterocycles. The van der Waals surface area contributed by atoms with Crippen molar-refractivity contribution in [2.75, 3.05) is 13.2 Å². The number of nitrogens with one attached hydrogen (secondary N) is 1. The van der Waals surface area contributed by atoms with Crippen molar-refractivity contribution in [3.8, 4) is 0 Å². The van der Waals surface area contributed by atoms with Crippen LogP contribution in [-0.4, -0.2) is 25.0 Å². The molecule has 0 aromatic heterocycles. The summed E-state index contributed by atoms with van der Waals surface area (Å²) in [6, 6.07) is 0. The third-order valence-corrected chi connectivity index (χ3v) is 2.86. The second-order valence-electron chi connectivity index (χ2n) is 3.98. The Bertz CT molecular complexity index is 250. The van der Waals surface area contributed by atoms with E-state index in [9.17, 15) is 9.59 Å². The van der Waals surface area contributed by atoms with Gasteiger partial charge in [0, 0.05) is 13.0 Å². The molecule has 1 fully saturated rings. The van der Waals surface area contributed by atoms with E-state index in [4.69, 9.17) is 4.74 Å². The zero-order chi connectivity index (χ0) is 10.8. The van der Waals surface area contributed by atoms with Crippen LogP contribution in [0.2, 0.25) is 0 Å². The molecule has 1 aliphatic rings. The summed E-state index contributed by atoms with van der Waals surface area (Å²) in [7, 11) is 0. The fraction of sp³-hybridized carbons (Fsp3) is 0.800. The van der Waals surface area contributed by atoms with E-state index in [1.807, 2.05) is 13.8 Å². The van der Waals surface area contributed by atoms with Crippen LogP contribution < -0.4 is 5.32 Å². The fourth-order valence-corrected chi connectivity index (χ4v) is 1.73. The second-order valence-corrected chi connectivity index (χ2v) is 3.98. The van der Waals surface area contributed by atoms with Gasteiger partial charge in [0.25, 0.3) is 0 Å². The Morgan fingerprint density at radius 3 is 2.64 bits per heavy atom. The van der Waals surface area contributed by atoms with Gasteiger partial charge in [0.2, 0.25) is 5.91 Å². The second kappa shape index (κ2) is 3.98. The Kier molecular flexibility index (Phi) is 3.13. The van der Waals surface area contributed by atoms with Gasteiger partial charge in [-0.25, -0.2) is 0 Å². The molecule has 1 rings (SSSR count). The minimum absolute atomic E-state index is 0.0632. The summed E-state index contributed by atoms with van der Waals surface area (Å²) < 4.78 is 5.01. The van der Waals surface area contributed by atoms with Gasteiger partial charge in [0.1, 0.15) is 0 Å². The molecule has 1 amide bonds. The standard InChI is InChI=1S/C10H17NO3/c1-4-14-9(13)10(7(2)3)5-8(12)11-6-10/h7H,4-6H2,1-3H3,(H,11,12)/t10-/m0/s1. The van der Waals surface area contributed by atoms with E-state index < -0.39 is 5.41 Å². The predicted molar refractivity (Wildman–Crippen MR) is 51.5 cm³/mol. The minimum Gasteiger partial charge on any atom is -0.465 e. The number of hydrogen-bond donors (Lipinski definition) is 1. The van der Waals surface area contributed by atoms with Crippen LogP contribution in [0.25, 0.3) is 0 Å². The van der Waals surface area contributed by atoms with Crippen LogP contribution in [0.4, 0.5) is 0 Å². The summed E-state index contributed by atoms with van der Waals surface area (Å²) in [6.45, 7) is 6.42. The molecule has 0 saturated carbocycles. The molecule has 0 unspecified atom stereocenters. The van der Waals surface area contributed by atoms with Crippen LogP contribution in [0.3, 0.4) is 0 Å². The first-order valence-corrected chi connectivity index (χ1v) is 4.97. The lowest BCUT2D eigenvalue weighted by Crippen LogP contribution is -2.39. The van der Waals surface area contributed by atoms with Gasteiger partial charge in [-0.15, -0.1) is 0 Å². The van der Waals surface area contributed by atoms with Gasteiger partial charge < -0.3 is 10.1 Å². The Morgan fingerprint density at radius 1 is 1.64 bits per heavy atom. The lowest BCUT2D eigenvalue weighted by molar-refractivity contribution is -0.157. The summed E-state index contributed by atoms with van der Waals surface area (Å²) in [6.07, 6.45) is 0.253. The Labute approximate surface area is 84.0 Å². The number of carbonyl (C=O) groups excluding carboxylic acids is 2. The van der Waals surface area contributed by atoms with E-state index in [0.717, 1.165) is 0 Å². The van der Waals surface area contributed by atoms with E-state index in [1.54, 1.807) is 6.92 Å². The van der Waals surface area contributed by atoms with Crippen LogP contribution in [0, 0.1) is 11.3 Å². The average Bonchev–Trinajstić information content (AvgIpc) is 2.49. The molecule has 80 valence electrons. The third kappa shape index (κ3) is 1.74. The van der Waals surface area contributed by atoms with E-state index in [-0.39, 0.29) is 24.2 Å². The maximum Gasteiger partial charge on any atom is 0.314 e. The van der Waals surface area contributed by atoms with Gasteiger partial charge in [0.05, 0.1) is 12.0 Å². The first-order chi connectivity index (χ1) is 6.53. The molecule has 0 aromatic carbocycles. The quantitative estimate of drug-likeness (QED) is 0.681. The third-order valence-electron chi connectivity index (χ3n) is 2.86. The molecule has 4 heteroatoms. The maximum atomic E-state index is 11.7. The number of amides is 1. The van der Waals surface area contributed by atoms with E-state index in [1.165, 1.54) is 0 Å². The van der Waals surface area contributed by atoms with Gasteiger partial charge in [0.15, 0.2) is 0 Å². The van der Waals surface area contributed by atoms with Crippen molar-refractivity contribution >= 4 is 11.9 Å². The average molecular weight is 199 g/mol. The molecule has 0 bridgehead atoms. The van der Waals surface area contributed by atoms with Gasteiger partial charge in [-0.05, 0) is 12.8 Å². The summed E-state index contributed by atoms with van der Waals surface area (Å²) in [5.41, 5.74) is -0.646. The van der Waals surface area contributed by atoms with Crippen molar-refractivity contribution in [1.82, 2.24) is 5.32 Å². The minimum atomic E-state index is -0.646. The summed E-state index contributed by atoms with van der Waals surface area (Å²) >= 11 is 0. The Balaban J connectivity index is 2.83. The zero-order valence-electron chi connectivity index (χ0n) is 8.92. The molecule has 1 N–H and O–H groups in total. The number of hydrogen-bond acceptors (Lipinski definition) is 3. The fourth-order valence-electron chi connectivity index (χ4n) is 1.73. The van der Waals surface area contributed by atoms with Crippen molar-refractivity contribution in [2.24, 2.45) is 11.3 Å². The highest BCUT2D eigenvalue weighted by Gasteiger charge is 2.48. The van der Waals surface area contributed by atoms with Gasteiger partial charge in [-0.1, -0.05) is 13.8 Å². The predicted octanol–water partition coefficient (Wildman–Crippen LogP) is 0.712. The normalized spacial score (nSPS) is 26.4. The van der Waals surface area contributed by atoms with Gasteiger partial charge >= 0.3 is 5.97 Å². The SMILES string of the molecule is CCOC(=O)[C@]1(C(C)C)CNC(=O)C1. The van der Waals surface area contributed by atoms with Crippen LogP contribution in [0.5, 0.6) is 0 Å². The smallest absolute Gasteiger partial charge is 0.314 e. The highest BCUT2D eigenvalue weighted by molar-refractivity contribution is 5.89. The molecule has 14 heavy (non-hydrogen) atoms. The molecule has 4 nitrogen and oxygen atoms in total. The largest absolute Gasteiger partial charge is 0.465 e. The van der Waals surface area contributed by atoms with Crippen molar-refractivity contribution in [3.63, 3.8) is 0 Å².